The highest BCUT2D eigenvalue weighted by Crippen LogP contribution is 2.32. The highest BCUT2D eigenvalue weighted by molar-refractivity contribution is 7.89. The summed E-state index contributed by atoms with van der Waals surface area (Å²) in [7, 11) is -3.79. The normalized spacial score (nSPS) is 13.8. The molecule has 4 aromatic rings. The number of amides is 1. The zero-order valence-electron chi connectivity index (χ0n) is 20.7. The van der Waals surface area contributed by atoms with Crippen molar-refractivity contribution in [2.75, 3.05) is 13.1 Å². The van der Waals surface area contributed by atoms with Crippen molar-refractivity contribution in [3.63, 3.8) is 0 Å². The third-order valence-corrected chi connectivity index (χ3v) is 9.00. The van der Waals surface area contributed by atoms with E-state index in [9.17, 15) is 13.2 Å². The average Bonchev–Trinajstić information content (AvgIpc) is 3.65. The van der Waals surface area contributed by atoms with Gasteiger partial charge in [0.15, 0.2) is 0 Å². The van der Waals surface area contributed by atoms with Crippen LogP contribution in [-0.2, 0) is 27.8 Å². The molecule has 1 aliphatic rings. The van der Waals surface area contributed by atoms with E-state index in [1.54, 1.807) is 41.3 Å². The quantitative estimate of drug-likeness (QED) is 0.289. The Labute approximate surface area is 222 Å². The van der Waals surface area contributed by atoms with Gasteiger partial charge in [0, 0.05) is 41.3 Å². The number of fused-ring (bicyclic) bond motifs is 1. The lowest BCUT2D eigenvalue weighted by molar-refractivity contribution is -0.132. The maximum atomic E-state index is 13.7. The van der Waals surface area contributed by atoms with Crippen LogP contribution >= 0.6 is 11.6 Å². The van der Waals surface area contributed by atoms with Gasteiger partial charge < -0.3 is 9.88 Å². The van der Waals surface area contributed by atoms with E-state index < -0.39 is 10.0 Å². The SMILES string of the molecule is Cc1ccc(S(=O)(=O)N(CC(=O)N(CCc2c[nH]c3ccccc23)Cc2ccc(Cl)cc2)C2CC2)cc1. The first kappa shape index (κ1) is 25.5. The number of sulfonamides is 1. The van der Waals surface area contributed by atoms with E-state index in [0.29, 0.717) is 24.5 Å². The van der Waals surface area contributed by atoms with E-state index >= 15 is 0 Å². The molecular weight excluding hydrogens is 506 g/mol. The van der Waals surface area contributed by atoms with Gasteiger partial charge in [-0.3, -0.25) is 4.79 Å². The van der Waals surface area contributed by atoms with Gasteiger partial charge in [-0.15, -0.1) is 0 Å². The topological polar surface area (TPSA) is 73.5 Å². The predicted molar refractivity (Wildman–Crippen MR) is 147 cm³/mol. The summed E-state index contributed by atoms with van der Waals surface area (Å²) in [5, 5.41) is 1.76. The summed E-state index contributed by atoms with van der Waals surface area (Å²) in [5.74, 6) is -0.211. The van der Waals surface area contributed by atoms with Gasteiger partial charge in [0.05, 0.1) is 11.4 Å². The first-order valence-electron chi connectivity index (χ1n) is 12.5. The van der Waals surface area contributed by atoms with Gasteiger partial charge in [-0.05, 0) is 67.6 Å². The van der Waals surface area contributed by atoms with Crippen LogP contribution < -0.4 is 0 Å². The third-order valence-electron chi connectivity index (χ3n) is 6.84. The Morgan fingerprint density at radius 2 is 1.70 bits per heavy atom. The van der Waals surface area contributed by atoms with Crippen molar-refractivity contribution in [2.24, 2.45) is 0 Å². The third kappa shape index (κ3) is 5.90. The first-order chi connectivity index (χ1) is 17.8. The van der Waals surface area contributed by atoms with E-state index in [-0.39, 0.29) is 23.4 Å². The molecule has 0 spiro atoms. The molecule has 0 radical (unpaired) electrons. The molecule has 1 heterocycles. The van der Waals surface area contributed by atoms with Crippen molar-refractivity contribution in [2.45, 2.75) is 43.7 Å². The van der Waals surface area contributed by atoms with Gasteiger partial charge in [-0.25, -0.2) is 8.42 Å². The summed E-state index contributed by atoms with van der Waals surface area (Å²) in [4.78, 5) is 19.0. The van der Waals surface area contributed by atoms with E-state index in [1.807, 2.05) is 43.5 Å². The number of halogens is 1. The minimum Gasteiger partial charge on any atom is -0.361 e. The first-order valence-corrected chi connectivity index (χ1v) is 14.3. The van der Waals surface area contributed by atoms with E-state index in [4.69, 9.17) is 11.6 Å². The average molecular weight is 536 g/mol. The van der Waals surface area contributed by atoms with Gasteiger partial charge >= 0.3 is 0 Å². The molecule has 1 aromatic heterocycles. The second kappa shape index (κ2) is 10.7. The number of carbonyl (C=O) groups excluding carboxylic acids is 1. The predicted octanol–water partition coefficient (Wildman–Crippen LogP) is 5.55. The summed E-state index contributed by atoms with van der Waals surface area (Å²) in [5.41, 5.74) is 4.10. The molecule has 37 heavy (non-hydrogen) atoms. The monoisotopic (exact) mass is 535 g/mol. The van der Waals surface area contributed by atoms with Crippen LogP contribution in [0.3, 0.4) is 0 Å². The van der Waals surface area contributed by atoms with Crippen LogP contribution in [0, 0.1) is 6.92 Å². The van der Waals surface area contributed by atoms with Crippen molar-refractivity contribution >= 4 is 38.4 Å². The lowest BCUT2D eigenvalue weighted by atomic mass is 10.1. The molecule has 5 rings (SSSR count). The summed E-state index contributed by atoms with van der Waals surface area (Å²) < 4.78 is 28.4. The van der Waals surface area contributed by atoms with E-state index in [1.165, 1.54) is 4.31 Å². The molecule has 1 saturated carbocycles. The molecule has 1 fully saturated rings. The number of H-pyrrole nitrogens is 1. The number of rotatable bonds is 10. The van der Waals surface area contributed by atoms with Crippen LogP contribution in [0.2, 0.25) is 5.02 Å². The van der Waals surface area contributed by atoms with Crippen molar-refractivity contribution in [1.82, 2.24) is 14.2 Å². The molecule has 1 amide bonds. The molecule has 1 aliphatic carbocycles. The van der Waals surface area contributed by atoms with Gasteiger partial charge in [0.1, 0.15) is 0 Å². The van der Waals surface area contributed by atoms with E-state index in [2.05, 4.69) is 11.1 Å². The summed E-state index contributed by atoms with van der Waals surface area (Å²) in [6.45, 7) is 2.58. The van der Waals surface area contributed by atoms with E-state index in [0.717, 1.165) is 40.4 Å². The van der Waals surface area contributed by atoms with Crippen molar-refractivity contribution in [1.29, 1.82) is 0 Å². The largest absolute Gasteiger partial charge is 0.361 e. The van der Waals surface area contributed by atoms with Crippen molar-refractivity contribution in [3.8, 4) is 0 Å². The number of aromatic amines is 1. The molecule has 0 bridgehead atoms. The molecule has 0 aliphatic heterocycles. The molecule has 0 unspecified atom stereocenters. The zero-order valence-corrected chi connectivity index (χ0v) is 22.3. The lowest BCUT2D eigenvalue weighted by Gasteiger charge is -2.27. The van der Waals surface area contributed by atoms with Crippen LogP contribution in [0.1, 0.15) is 29.5 Å². The number of carbonyl (C=O) groups is 1. The molecule has 8 heteroatoms. The van der Waals surface area contributed by atoms with Gasteiger partial charge in [-0.1, -0.05) is 59.6 Å². The Hall–Kier alpha value is -3.13. The number of para-hydroxylation sites is 1. The van der Waals surface area contributed by atoms with Gasteiger partial charge in [-0.2, -0.15) is 4.31 Å². The van der Waals surface area contributed by atoms with Crippen LogP contribution in [-0.4, -0.2) is 47.6 Å². The Kier molecular flexibility index (Phi) is 7.38. The van der Waals surface area contributed by atoms with Crippen LogP contribution in [0.5, 0.6) is 0 Å². The number of hydrogen-bond donors (Lipinski definition) is 1. The second-order valence-corrected chi connectivity index (χ2v) is 12.0. The second-order valence-electron chi connectivity index (χ2n) is 9.65. The minimum atomic E-state index is -3.79. The summed E-state index contributed by atoms with van der Waals surface area (Å²) in [6.07, 6.45) is 4.17. The van der Waals surface area contributed by atoms with Crippen LogP contribution in [0.25, 0.3) is 10.9 Å². The minimum absolute atomic E-state index is 0.138. The molecule has 3 aromatic carbocycles. The van der Waals surface area contributed by atoms with Crippen molar-refractivity contribution < 1.29 is 13.2 Å². The maximum Gasteiger partial charge on any atom is 0.243 e. The van der Waals surface area contributed by atoms with Gasteiger partial charge in [0.25, 0.3) is 0 Å². The van der Waals surface area contributed by atoms with Crippen molar-refractivity contribution in [3.05, 3.63) is 101 Å². The fourth-order valence-electron chi connectivity index (χ4n) is 4.55. The Morgan fingerprint density at radius 1 is 1.00 bits per heavy atom. The highest BCUT2D eigenvalue weighted by Gasteiger charge is 2.40. The number of nitrogens with zero attached hydrogens (tertiary/aromatic N) is 2. The highest BCUT2D eigenvalue weighted by atomic mass is 35.5. The van der Waals surface area contributed by atoms with Gasteiger partial charge in [0.2, 0.25) is 15.9 Å². The molecule has 192 valence electrons. The Morgan fingerprint density at radius 3 is 2.41 bits per heavy atom. The molecular formula is C29H30ClN3O3S. The standard InChI is InChI=1S/C29H30ClN3O3S/c1-21-6-14-26(15-7-21)37(35,36)33(25-12-13-25)20-29(34)32(19-22-8-10-24(30)11-9-22)17-16-23-18-31-28-5-3-2-4-27(23)28/h2-11,14-15,18,25,31H,12-13,16-17,19-20H2,1H3. The number of nitrogens with one attached hydrogen (secondary N) is 1. The van der Waals surface area contributed by atoms with Crippen LogP contribution in [0.15, 0.2) is 83.9 Å². The lowest BCUT2D eigenvalue weighted by Crippen LogP contribution is -2.44. The fourth-order valence-corrected chi connectivity index (χ4v) is 6.31. The fraction of sp³-hybridized carbons (Fsp3) is 0.276. The number of hydrogen-bond acceptors (Lipinski definition) is 3. The number of aromatic nitrogens is 1. The molecule has 6 nitrogen and oxygen atoms in total. The Bertz CT molecular complexity index is 1490. The summed E-state index contributed by atoms with van der Waals surface area (Å²) >= 11 is 6.07. The smallest absolute Gasteiger partial charge is 0.243 e. The summed E-state index contributed by atoms with van der Waals surface area (Å²) in [6, 6.07) is 22.2. The Balaban J connectivity index is 1.38. The van der Waals surface area contributed by atoms with Crippen LogP contribution in [0.4, 0.5) is 0 Å². The molecule has 0 atom stereocenters. The number of aryl methyl sites for hydroxylation is 1. The number of benzene rings is 3. The molecule has 0 saturated heterocycles. The zero-order chi connectivity index (χ0) is 26.0. The maximum absolute atomic E-state index is 13.7. The molecule has 1 N–H and O–H groups in total.